The van der Waals surface area contributed by atoms with Crippen LogP contribution in [0.4, 0.5) is 0 Å². The van der Waals surface area contributed by atoms with Crippen LogP contribution in [0.2, 0.25) is 0 Å². The Balaban J connectivity index is 2.20. The average molecular weight is 423 g/mol. The van der Waals surface area contributed by atoms with Gasteiger partial charge in [-0.3, -0.25) is 0 Å². The van der Waals surface area contributed by atoms with Gasteiger partial charge in [0.1, 0.15) is 0 Å². The Morgan fingerprint density at radius 2 is 1.13 bits per heavy atom. The highest BCUT2D eigenvalue weighted by Gasteiger charge is 2.31. The van der Waals surface area contributed by atoms with Crippen molar-refractivity contribution in [2.75, 3.05) is 0 Å². The Morgan fingerprint density at radius 1 is 0.700 bits per heavy atom. The lowest BCUT2D eigenvalue weighted by Crippen LogP contribution is -2.37. The van der Waals surface area contributed by atoms with E-state index in [1.807, 2.05) is 44.2 Å². The van der Waals surface area contributed by atoms with E-state index in [1.54, 1.807) is 30.3 Å². The first-order valence-electron chi connectivity index (χ1n) is 10.1. The fourth-order valence-corrected chi connectivity index (χ4v) is 5.26. The van der Waals surface area contributed by atoms with E-state index in [0.29, 0.717) is 0 Å². The van der Waals surface area contributed by atoms with Gasteiger partial charge in [0.2, 0.25) is 10.0 Å². The van der Waals surface area contributed by atoms with Crippen LogP contribution in [-0.4, -0.2) is 8.42 Å². The molecule has 0 radical (unpaired) electrons. The van der Waals surface area contributed by atoms with Crippen molar-refractivity contribution in [3.05, 3.63) is 99.6 Å². The first-order valence-corrected chi connectivity index (χ1v) is 11.6. The number of rotatable bonds is 6. The van der Waals surface area contributed by atoms with E-state index in [4.69, 9.17) is 5.73 Å². The summed E-state index contributed by atoms with van der Waals surface area (Å²) in [7, 11) is -3.76. The van der Waals surface area contributed by atoms with Crippen molar-refractivity contribution in [3.63, 3.8) is 0 Å². The lowest BCUT2D eigenvalue weighted by molar-refractivity contribution is 0.500. The fourth-order valence-electron chi connectivity index (χ4n) is 4.01. The molecule has 0 amide bonds. The van der Waals surface area contributed by atoms with Crippen LogP contribution < -0.4 is 10.5 Å². The third kappa shape index (κ3) is 4.19. The van der Waals surface area contributed by atoms with Crippen molar-refractivity contribution in [3.8, 4) is 0 Å². The summed E-state index contributed by atoms with van der Waals surface area (Å²) in [5.41, 5.74) is 14.2. The van der Waals surface area contributed by atoms with Gasteiger partial charge in [0.15, 0.2) is 0 Å². The second kappa shape index (κ2) is 8.72. The van der Waals surface area contributed by atoms with E-state index in [9.17, 15) is 8.42 Å². The summed E-state index contributed by atoms with van der Waals surface area (Å²) < 4.78 is 29.4. The predicted molar refractivity (Wildman–Crippen MR) is 123 cm³/mol. The number of nitrogens with one attached hydrogen (secondary N) is 1. The Hall–Kier alpha value is -2.47. The lowest BCUT2D eigenvalue weighted by Gasteiger charge is -2.31. The van der Waals surface area contributed by atoms with Crippen LogP contribution in [0.1, 0.15) is 51.0 Å². The smallest absolute Gasteiger partial charge is 0.241 e. The molecule has 30 heavy (non-hydrogen) atoms. The maximum atomic E-state index is 13.2. The minimum atomic E-state index is -3.76. The van der Waals surface area contributed by atoms with Crippen molar-refractivity contribution in [1.82, 2.24) is 4.72 Å². The summed E-state index contributed by atoms with van der Waals surface area (Å²) in [6.45, 7) is 10.4. The molecule has 0 aliphatic rings. The van der Waals surface area contributed by atoms with Crippen LogP contribution in [0.15, 0.2) is 65.6 Å². The van der Waals surface area contributed by atoms with Gasteiger partial charge in [-0.25, -0.2) is 13.1 Å². The van der Waals surface area contributed by atoms with Crippen LogP contribution in [-0.2, 0) is 10.0 Å². The second-order valence-corrected chi connectivity index (χ2v) is 9.60. The number of nitrogens with two attached hydrogens (primary N) is 1. The van der Waals surface area contributed by atoms with E-state index >= 15 is 0 Å². The van der Waals surface area contributed by atoms with Crippen molar-refractivity contribution >= 4 is 10.0 Å². The normalized spacial score (nSPS) is 13.8. The first-order chi connectivity index (χ1) is 14.1. The van der Waals surface area contributed by atoms with Gasteiger partial charge >= 0.3 is 0 Å². The monoisotopic (exact) mass is 422 g/mol. The van der Waals surface area contributed by atoms with Gasteiger partial charge in [-0.2, -0.15) is 0 Å². The Kier molecular flexibility index (Phi) is 6.46. The van der Waals surface area contributed by atoms with Crippen LogP contribution in [0.5, 0.6) is 0 Å². The minimum absolute atomic E-state index is 0.228. The molecule has 0 saturated heterocycles. The van der Waals surface area contributed by atoms with E-state index in [0.717, 1.165) is 33.4 Å². The highest BCUT2D eigenvalue weighted by molar-refractivity contribution is 7.89. The minimum Gasteiger partial charge on any atom is -0.322 e. The number of hydrogen-bond acceptors (Lipinski definition) is 3. The molecule has 0 heterocycles. The molecule has 3 rings (SSSR count). The van der Waals surface area contributed by atoms with Crippen LogP contribution in [0, 0.1) is 34.6 Å². The molecule has 0 aliphatic carbocycles. The molecular weight excluding hydrogens is 392 g/mol. The largest absolute Gasteiger partial charge is 0.322 e. The standard InChI is InChI=1S/C25H30N2O2S/c1-16-17(2)19(4)23(20(5)18(16)3)25(24(26)21-12-8-6-9-13-21)27-30(28,29)22-14-10-7-11-15-22/h6-15,24-25,27H,26H2,1-5H3. The van der Waals surface area contributed by atoms with E-state index in [2.05, 4.69) is 25.5 Å². The van der Waals surface area contributed by atoms with Crippen molar-refractivity contribution < 1.29 is 8.42 Å². The summed E-state index contributed by atoms with van der Waals surface area (Å²) in [4.78, 5) is 0.228. The molecule has 3 aromatic rings. The number of sulfonamides is 1. The Labute approximate surface area is 180 Å². The van der Waals surface area contributed by atoms with Crippen molar-refractivity contribution in [1.29, 1.82) is 0 Å². The zero-order valence-corrected chi connectivity index (χ0v) is 19.0. The molecule has 3 N–H and O–H groups in total. The molecule has 0 aliphatic heterocycles. The topological polar surface area (TPSA) is 72.2 Å². The van der Waals surface area contributed by atoms with Crippen LogP contribution >= 0.6 is 0 Å². The molecule has 2 atom stereocenters. The van der Waals surface area contributed by atoms with Gasteiger partial charge < -0.3 is 5.73 Å². The molecule has 158 valence electrons. The van der Waals surface area contributed by atoms with Gasteiger partial charge in [-0.15, -0.1) is 0 Å². The van der Waals surface area contributed by atoms with Crippen LogP contribution in [0.25, 0.3) is 0 Å². The number of benzene rings is 3. The molecule has 0 fully saturated rings. The maximum Gasteiger partial charge on any atom is 0.241 e. The molecule has 4 nitrogen and oxygen atoms in total. The third-order valence-electron chi connectivity index (χ3n) is 6.25. The summed E-state index contributed by atoms with van der Waals surface area (Å²) in [6, 6.07) is 16.9. The molecule has 0 aromatic heterocycles. The van der Waals surface area contributed by atoms with Gasteiger partial charge in [0.25, 0.3) is 0 Å². The lowest BCUT2D eigenvalue weighted by atomic mass is 9.83. The summed E-state index contributed by atoms with van der Waals surface area (Å²) in [5.74, 6) is 0. The fraction of sp³-hybridized carbons (Fsp3) is 0.280. The third-order valence-corrected chi connectivity index (χ3v) is 7.71. The van der Waals surface area contributed by atoms with E-state index < -0.39 is 22.1 Å². The maximum absolute atomic E-state index is 13.2. The second-order valence-electron chi connectivity index (χ2n) is 7.89. The molecule has 2 unspecified atom stereocenters. The van der Waals surface area contributed by atoms with E-state index in [1.165, 1.54) is 5.56 Å². The summed E-state index contributed by atoms with van der Waals surface area (Å²) in [6.07, 6.45) is 0. The van der Waals surface area contributed by atoms with Gasteiger partial charge in [0.05, 0.1) is 17.0 Å². The van der Waals surface area contributed by atoms with Crippen molar-refractivity contribution in [2.24, 2.45) is 5.73 Å². The highest BCUT2D eigenvalue weighted by Crippen LogP contribution is 2.36. The number of hydrogen-bond donors (Lipinski definition) is 2. The average Bonchev–Trinajstić information content (AvgIpc) is 2.76. The van der Waals surface area contributed by atoms with Crippen LogP contribution in [0.3, 0.4) is 0 Å². The molecule has 0 bridgehead atoms. The Bertz CT molecular complexity index is 1110. The van der Waals surface area contributed by atoms with Gasteiger partial charge in [-0.05, 0) is 85.7 Å². The Morgan fingerprint density at radius 3 is 1.63 bits per heavy atom. The molecule has 3 aromatic carbocycles. The van der Waals surface area contributed by atoms with Crippen molar-refractivity contribution in [2.45, 2.75) is 51.6 Å². The molecule has 0 saturated carbocycles. The van der Waals surface area contributed by atoms with Gasteiger partial charge in [-0.1, -0.05) is 48.5 Å². The van der Waals surface area contributed by atoms with Gasteiger partial charge in [0, 0.05) is 0 Å². The highest BCUT2D eigenvalue weighted by atomic mass is 32.2. The van der Waals surface area contributed by atoms with E-state index in [-0.39, 0.29) is 4.90 Å². The summed E-state index contributed by atoms with van der Waals surface area (Å²) >= 11 is 0. The first kappa shape index (κ1) is 22.2. The SMILES string of the molecule is Cc1c(C)c(C)c(C(NS(=O)(=O)c2ccccc2)C(N)c2ccccc2)c(C)c1C. The molecular formula is C25H30N2O2S. The summed E-state index contributed by atoms with van der Waals surface area (Å²) in [5, 5.41) is 0. The predicted octanol–water partition coefficient (Wildman–Crippen LogP) is 4.95. The quantitative estimate of drug-likeness (QED) is 0.590. The molecule has 5 heteroatoms. The zero-order valence-electron chi connectivity index (χ0n) is 18.2. The zero-order chi connectivity index (χ0) is 22.1. The molecule has 0 spiro atoms.